The van der Waals surface area contributed by atoms with Crippen LogP contribution in [-0.4, -0.2) is 44.5 Å². The Bertz CT molecular complexity index is 1050. The molecule has 3 aromatic rings. The molecule has 1 fully saturated rings. The van der Waals surface area contributed by atoms with E-state index in [9.17, 15) is 17.6 Å². The lowest BCUT2D eigenvalue weighted by Crippen LogP contribution is -2.42. The number of likely N-dealkylation sites (tertiary alicyclic amines) is 1. The summed E-state index contributed by atoms with van der Waals surface area (Å²) in [5.74, 6) is -2.92. The zero-order valence-corrected chi connectivity index (χ0v) is 16.7. The molecule has 2 aromatic carbocycles. The predicted octanol–water partition coefficient (Wildman–Crippen LogP) is 4.59. The smallest absolute Gasteiger partial charge is 0.475 e. The number of hydrogen-bond acceptors (Lipinski definition) is 5. The van der Waals surface area contributed by atoms with Gasteiger partial charge in [0.25, 0.3) is 0 Å². The third-order valence-corrected chi connectivity index (χ3v) is 5.31. The standard InChI is InChI=1S/C19H20FN3O.C2HF3O2/c1-19(12-14-4-2-5-16(20)10-14)8-3-9-23(19)13-15-6-7-17-18(11-15)22-24-21-17;3-2(4,5)1(6)7/h2,4-7,10-11H,3,8-9,12-13H2,1H3;(H,6,7). The summed E-state index contributed by atoms with van der Waals surface area (Å²) in [5, 5.41) is 14.9. The van der Waals surface area contributed by atoms with Crippen LogP contribution in [0, 0.1) is 5.82 Å². The van der Waals surface area contributed by atoms with Gasteiger partial charge in [-0.1, -0.05) is 18.2 Å². The lowest BCUT2D eigenvalue weighted by molar-refractivity contribution is -0.192. The molecule has 4 rings (SSSR count). The summed E-state index contributed by atoms with van der Waals surface area (Å²) < 4.78 is 50.0. The highest BCUT2D eigenvalue weighted by molar-refractivity contribution is 5.73. The minimum absolute atomic E-state index is 0.0465. The average Bonchev–Trinajstić information content (AvgIpc) is 3.28. The number of nitrogens with zero attached hydrogens (tertiary/aromatic N) is 3. The third kappa shape index (κ3) is 5.78. The van der Waals surface area contributed by atoms with E-state index in [4.69, 9.17) is 14.5 Å². The van der Waals surface area contributed by atoms with Crippen LogP contribution < -0.4 is 0 Å². The van der Waals surface area contributed by atoms with E-state index in [2.05, 4.69) is 28.2 Å². The maximum atomic E-state index is 13.5. The van der Waals surface area contributed by atoms with Crippen LogP contribution >= 0.6 is 0 Å². The minimum atomic E-state index is -5.08. The molecule has 1 aliphatic rings. The van der Waals surface area contributed by atoms with Crippen LogP contribution in [0.5, 0.6) is 0 Å². The second-order valence-corrected chi connectivity index (χ2v) is 7.72. The van der Waals surface area contributed by atoms with E-state index in [-0.39, 0.29) is 11.4 Å². The number of rotatable bonds is 4. The summed E-state index contributed by atoms with van der Waals surface area (Å²) in [7, 11) is 0. The van der Waals surface area contributed by atoms with Crippen LogP contribution in [0.3, 0.4) is 0 Å². The van der Waals surface area contributed by atoms with Crippen LogP contribution in [0.15, 0.2) is 47.1 Å². The van der Waals surface area contributed by atoms with Gasteiger partial charge in [-0.25, -0.2) is 13.8 Å². The number of hydrogen-bond donors (Lipinski definition) is 1. The molecule has 1 aliphatic heterocycles. The number of carboxylic acids is 1. The molecule has 1 aromatic heterocycles. The number of fused-ring (bicyclic) bond motifs is 1. The monoisotopic (exact) mass is 439 g/mol. The Labute approximate surface area is 175 Å². The Morgan fingerprint density at radius 3 is 2.55 bits per heavy atom. The topological polar surface area (TPSA) is 79.5 Å². The summed E-state index contributed by atoms with van der Waals surface area (Å²) in [5.41, 5.74) is 3.87. The van der Waals surface area contributed by atoms with Crippen LogP contribution in [0.4, 0.5) is 17.6 Å². The van der Waals surface area contributed by atoms with Gasteiger partial charge >= 0.3 is 12.1 Å². The number of halogens is 4. The first-order valence-electron chi connectivity index (χ1n) is 9.58. The van der Waals surface area contributed by atoms with Gasteiger partial charge < -0.3 is 5.11 Å². The maximum Gasteiger partial charge on any atom is 0.490 e. The van der Waals surface area contributed by atoms with Crippen molar-refractivity contribution in [3.8, 4) is 0 Å². The van der Waals surface area contributed by atoms with Gasteiger partial charge in [0.05, 0.1) is 0 Å². The Kier molecular flexibility index (Phi) is 6.59. The van der Waals surface area contributed by atoms with Crippen molar-refractivity contribution in [3.63, 3.8) is 0 Å². The molecule has 1 atom stereocenters. The van der Waals surface area contributed by atoms with Gasteiger partial charge in [0.1, 0.15) is 16.9 Å². The molecule has 1 unspecified atom stereocenters. The molecular formula is C21H21F4N3O3. The highest BCUT2D eigenvalue weighted by Gasteiger charge is 2.38. The van der Waals surface area contributed by atoms with E-state index < -0.39 is 12.1 Å². The fourth-order valence-corrected chi connectivity index (χ4v) is 3.78. The van der Waals surface area contributed by atoms with Crippen molar-refractivity contribution in [3.05, 3.63) is 59.4 Å². The molecular weight excluding hydrogens is 418 g/mol. The molecule has 0 bridgehead atoms. The largest absolute Gasteiger partial charge is 0.490 e. The van der Waals surface area contributed by atoms with E-state index in [1.807, 2.05) is 18.2 Å². The summed E-state index contributed by atoms with van der Waals surface area (Å²) in [6, 6.07) is 13.0. The maximum absolute atomic E-state index is 13.5. The summed E-state index contributed by atoms with van der Waals surface area (Å²) in [6.45, 7) is 4.19. The van der Waals surface area contributed by atoms with Crippen molar-refractivity contribution in [2.75, 3.05) is 6.54 Å². The second-order valence-electron chi connectivity index (χ2n) is 7.72. The van der Waals surface area contributed by atoms with E-state index in [0.29, 0.717) is 0 Å². The van der Waals surface area contributed by atoms with Gasteiger partial charge in [0.2, 0.25) is 0 Å². The zero-order valence-electron chi connectivity index (χ0n) is 16.7. The molecule has 166 valence electrons. The van der Waals surface area contributed by atoms with Crippen LogP contribution in [0.1, 0.15) is 30.9 Å². The molecule has 6 nitrogen and oxygen atoms in total. The fourth-order valence-electron chi connectivity index (χ4n) is 3.78. The summed E-state index contributed by atoms with van der Waals surface area (Å²) >= 11 is 0. The first-order valence-corrected chi connectivity index (χ1v) is 9.58. The highest BCUT2D eigenvalue weighted by atomic mass is 19.4. The van der Waals surface area contributed by atoms with Gasteiger partial charge in [-0.05, 0) is 78.4 Å². The second kappa shape index (κ2) is 9.01. The Hall–Kier alpha value is -3.01. The van der Waals surface area contributed by atoms with Gasteiger partial charge in [-0.15, -0.1) is 0 Å². The van der Waals surface area contributed by atoms with E-state index in [1.165, 1.54) is 18.1 Å². The van der Waals surface area contributed by atoms with E-state index >= 15 is 0 Å². The van der Waals surface area contributed by atoms with Crippen molar-refractivity contribution < 1.29 is 32.1 Å². The Morgan fingerprint density at radius 1 is 1.16 bits per heavy atom. The third-order valence-electron chi connectivity index (χ3n) is 5.31. The molecule has 1 N–H and O–H groups in total. The molecule has 0 amide bonds. The predicted molar refractivity (Wildman–Crippen MR) is 104 cm³/mol. The zero-order chi connectivity index (χ0) is 22.6. The number of aliphatic carboxylic acids is 1. The first-order chi connectivity index (χ1) is 14.6. The summed E-state index contributed by atoms with van der Waals surface area (Å²) in [6.07, 6.45) is -1.94. The Morgan fingerprint density at radius 2 is 1.87 bits per heavy atom. The molecule has 10 heteroatoms. The van der Waals surface area contributed by atoms with Crippen molar-refractivity contribution >= 4 is 17.0 Å². The number of carboxylic acid groups (broad SMARTS) is 1. The fraction of sp³-hybridized carbons (Fsp3) is 0.381. The lowest BCUT2D eigenvalue weighted by atomic mass is 9.90. The first kappa shape index (κ1) is 22.7. The molecule has 0 radical (unpaired) electrons. The highest BCUT2D eigenvalue weighted by Crippen LogP contribution is 2.34. The van der Waals surface area contributed by atoms with E-state index in [1.54, 1.807) is 12.1 Å². The van der Waals surface area contributed by atoms with Crippen molar-refractivity contribution in [2.24, 2.45) is 0 Å². The quantitative estimate of drug-likeness (QED) is 0.599. The van der Waals surface area contributed by atoms with E-state index in [0.717, 1.165) is 42.5 Å². The average molecular weight is 439 g/mol. The molecule has 0 spiro atoms. The van der Waals surface area contributed by atoms with Gasteiger partial charge in [0.15, 0.2) is 0 Å². The van der Waals surface area contributed by atoms with Crippen LogP contribution in [0.2, 0.25) is 0 Å². The SMILES string of the molecule is CC1(Cc2cccc(F)c2)CCCN1Cc1ccc2nonc2c1.O=C(O)C(F)(F)F. The van der Waals surface area contributed by atoms with Crippen molar-refractivity contribution in [2.45, 2.75) is 44.4 Å². The van der Waals surface area contributed by atoms with Crippen LogP contribution in [-0.2, 0) is 17.8 Å². The van der Waals surface area contributed by atoms with Crippen molar-refractivity contribution in [1.29, 1.82) is 0 Å². The summed E-state index contributed by atoms with van der Waals surface area (Å²) in [4.78, 5) is 11.4. The van der Waals surface area contributed by atoms with Gasteiger partial charge in [0, 0.05) is 12.1 Å². The van der Waals surface area contributed by atoms with Gasteiger partial charge in [-0.2, -0.15) is 13.2 Å². The van der Waals surface area contributed by atoms with Crippen molar-refractivity contribution in [1.82, 2.24) is 15.2 Å². The molecule has 1 saturated heterocycles. The lowest BCUT2D eigenvalue weighted by Gasteiger charge is -2.35. The number of alkyl halides is 3. The molecule has 0 aliphatic carbocycles. The normalized spacial score (nSPS) is 19.3. The minimum Gasteiger partial charge on any atom is -0.475 e. The molecule has 2 heterocycles. The molecule has 0 saturated carbocycles. The number of carbonyl (C=O) groups is 1. The Balaban J connectivity index is 0.000000339. The number of aromatic nitrogens is 2. The molecule has 31 heavy (non-hydrogen) atoms. The number of benzene rings is 2. The van der Waals surface area contributed by atoms with Crippen LogP contribution in [0.25, 0.3) is 11.0 Å². The van der Waals surface area contributed by atoms with Gasteiger partial charge in [-0.3, -0.25) is 4.90 Å².